The summed E-state index contributed by atoms with van der Waals surface area (Å²) in [5.41, 5.74) is 0. The number of nitrogens with one attached hydrogen (secondary N) is 2. The average molecular weight is 340 g/mol. The maximum Gasteiger partial charge on any atom is 0.191 e. The minimum absolute atomic E-state index is 0. The van der Waals surface area contributed by atoms with E-state index in [0.717, 1.165) is 25.6 Å². The highest BCUT2D eigenvalue weighted by atomic mass is 127. The average Bonchev–Trinajstić information content (AvgIpc) is 2.61. The molecule has 16 heavy (non-hydrogen) atoms. The van der Waals surface area contributed by atoms with Crippen molar-refractivity contribution in [2.45, 2.75) is 32.7 Å². The van der Waals surface area contributed by atoms with E-state index >= 15 is 0 Å². The summed E-state index contributed by atoms with van der Waals surface area (Å²) in [5, 5.41) is 6.49. The Kier molecular flexibility index (Phi) is 9.02. The SMILES string of the molecule is CCNC(=NCC1CCCN1C)NCC.I. The fourth-order valence-corrected chi connectivity index (χ4v) is 1.92. The molecule has 1 unspecified atom stereocenters. The highest BCUT2D eigenvalue weighted by Crippen LogP contribution is 2.14. The molecule has 0 aromatic carbocycles. The van der Waals surface area contributed by atoms with E-state index in [-0.39, 0.29) is 24.0 Å². The van der Waals surface area contributed by atoms with Gasteiger partial charge in [0.05, 0.1) is 6.54 Å². The summed E-state index contributed by atoms with van der Waals surface area (Å²) in [4.78, 5) is 6.99. The van der Waals surface area contributed by atoms with Crippen LogP contribution < -0.4 is 10.6 Å². The van der Waals surface area contributed by atoms with Crippen molar-refractivity contribution in [2.75, 3.05) is 33.2 Å². The highest BCUT2D eigenvalue weighted by molar-refractivity contribution is 14.0. The van der Waals surface area contributed by atoms with Crippen LogP contribution in [0.1, 0.15) is 26.7 Å². The minimum Gasteiger partial charge on any atom is -0.357 e. The zero-order valence-electron chi connectivity index (χ0n) is 10.6. The third-order valence-electron chi connectivity index (χ3n) is 2.82. The monoisotopic (exact) mass is 340 g/mol. The van der Waals surface area contributed by atoms with Crippen LogP contribution in [0.3, 0.4) is 0 Å². The molecule has 1 heterocycles. The number of nitrogens with zero attached hydrogens (tertiary/aromatic N) is 2. The maximum absolute atomic E-state index is 4.59. The predicted molar refractivity (Wildman–Crippen MR) is 80.7 cm³/mol. The van der Waals surface area contributed by atoms with Crippen LogP contribution in [0.5, 0.6) is 0 Å². The molecular weight excluding hydrogens is 315 g/mol. The van der Waals surface area contributed by atoms with Crippen molar-refractivity contribution < 1.29 is 0 Å². The number of likely N-dealkylation sites (N-methyl/N-ethyl adjacent to an activating group) is 1. The van der Waals surface area contributed by atoms with E-state index in [4.69, 9.17) is 0 Å². The normalized spacial score (nSPS) is 20.1. The zero-order chi connectivity index (χ0) is 11.1. The van der Waals surface area contributed by atoms with Gasteiger partial charge in [-0.15, -0.1) is 24.0 Å². The Bertz CT molecular complexity index is 200. The molecule has 0 amide bonds. The summed E-state index contributed by atoms with van der Waals surface area (Å²) < 4.78 is 0. The molecule has 0 radical (unpaired) electrons. The summed E-state index contributed by atoms with van der Waals surface area (Å²) >= 11 is 0. The van der Waals surface area contributed by atoms with Crippen molar-refractivity contribution in [2.24, 2.45) is 4.99 Å². The molecule has 5 heteroatoms. The van der Waals surface area contributed by atoms with Gasteiger partial charge in [-0.05, 0) is 40.3 Å². The van der Waals surface area contributed by atoms with Crippen LogP contribution in [0.15, 0.2) is 4.99 Å². The van der Waals surface area contributed by atoms with E-state index in [1.54, 1.807) is 0 Å². The van der Waals surface area contributed by atoms with E-state index < -0.39 is 0 Å². The Morgan fingerprint density at radius 1 is 1.31 bits per heavy atom. The van der Waals surface area contributed by atoms with Gasteiger partial charge < -0.3 is 15.5 Å². The minimum atomic E-state index is 0. The van der Waals surface area contributed by atoms with E-state index in [9.17, 15) is 0 Å². The largest absolute Gasteiger partial charge is 0.357 e. The fourth-order valence-electron chi connectivity index (χ4n) is 1.92. The molecule has 0 saturated carbocycles. The summed E-state index contributed by atoms with van der Waals surface area (Å²) in [7, 11) is 2.19. The Hall–Kier alpha value is -0.0400. The first kappa shape index (κ1) is 16.0. The van der Waals surface area contributed by atoms with Gasteiger partial charge in [-0.1, -0.05) is 0 Å². The second-order valence-electron chi connectivity index (χ2n) is 4.03. The predicted octanol–water partition coefficient (Wildman–Crippen LogP) is 1.27. The van der Waals surface area contributed by atoms with Crippen molar-refractivity contribution in [3.8, 4) is 0 Å². The number of rotatable bonds is 4. The molecule has 1 atom stereocenters. The maximum atomic E-state index is 4.59. The second kappa shape index (κ2) is 9.04. The van der Waals surface area contributed by atoms with Crippen LogP contribution in [0.2, 0.25) is 0 Å². The summed E-state index contributed by atoms with van der Waals surface area (Å²) in [5.74, 6) is 0.945. The van der Waals surface area contributed by atoms with E-state index in [1.807, 2.05) is 0 Å². The Morgan fingerprint density at radius 2 is 1.94 bits per heavy atom. The van der Waals surface area contributed by atoms with Crippen molar-refractivity contribution in [1.82, 2.24) is 15.5 Å². The number of hydrogen-bond acceptors (Lipinski definition) is 2. The quantitative estimate of drug-likeness (QED) is 0.460. The zero-order valence-corrected chi connectivity index (χ0v) is 13.0. The van der Waals surface area contributed by atoms with Gasteiger partial charge in [0.2, 0.25) is 0 Å². The molecule has 1 aliphatic heterocycles. The molecule has 2 N–H and O–H groups in total. The molecule has 1 rings (SSSR count). The van der Waals surface area contributed by atoms with Gasteiger partial charge in [0, 0.05) is 19.1 Å². The van der Waals surface area contributed by atoms with Gasteiger partial charge in [-0.25, -0.2) is 0 Å². The molecule has 0 aliphatic carbocycles. The third-order valence-corrected chi connectivity index (χ3v) is 2.82. The summed E-state index contributed by atoms with van der Waals surface area (Å²) in [6, 6.07) is 0.636. The van der Waals surface area contributed by atoms with Gasteiger partial charge >= 0.3 is 0 Å². The third kappa shape index (κ3) is 5.34. The molecule has 96 valence electrons. The summed E-state index contributed by atoms with van der Waals surface area (Å²) in [6.45, 7) is 8.16. The number of likely N-dealkylation sites (tertiary alicyclic amines) is 1. The first-order valence-electron chi connectivity index (χ1n) is 6.00. The first-order valence-corrected chi connectivity index (χ1v) is 6.00. The lowest BCUT2D eigenvalue weighted by atomic mass is 10.2. The van der Waals surface area contributed by atoms with Gasteiger partial charge in [0.1, 0.15) is 0 Å². The van der Waals surface area contributed by atoms with Crippen LogP contribution in [-0.2, 0) is 0 Å². The van der Waals surface area contributed by atoms with Crippen molar-refractivity contribution in [1.29, 1.82) is 0 Å². The van der Waals surface area contributed by atoms with Crippen molar-refractivity contribution >= 4 is 29.9 Å². The van der Waals surface area contributed by atoms with Gasteiger partial charge in [0.15, 0.2) is 5.96 Å². The molecule has 0 spiro atoms. The van der Waals surface area contributed by atoms with Gasteiger partial charge in [0.25, 0.3) is 0 Å². The van der Waals surface area contributed by atoms with Crippen LogP contribution >= 0.6 is 24.0 Å². The van der Waals surface area contributed by atoms with Crippen LogP contribution in [-0.4, -0.2) is 50.1 Å². The number of aliphatic imine (C=N–C) groups is 1. The Labute approximate surface area is 116 Å². The Balaban J connectivity index is 0.00000225. The van der Waals surface area contributed by atoms with E-state index in [0.29, 0.717) is 6.04 Å². The van der Waals surface area contributed by atoms with Crippen LogP contribution in [0, 0.1) is 0 Å². The number of hydrogen-bond donors (Lipinski definition) is 2. The van der Waals surface area contributed by atoms with Gasteiger partial charge in [-0.3, -0.25) is 4.99 Å². The standard InChI is InChI=1S/C11H24N4.HI/c1-4-12-11(13-5-2)14-9-10-7-6-8-15(10)3;/h10H,4-9H2,1-3H3,(H2,12,13,14);1H. The fraction of sp³-hybridized carbons (Fsp3) is 0.909. The molecule has 1 aliphatic rings. The number of halogens is 1. The van der Waals surface area contributed by atoms with Gasteiger partial charge in [-0.2, -0.15) is 0 Å². The lowest BCUT2D eigenvalue weighted by molar-refractivity contribution is 0.317. The van der Waals surface area contributed by atoms with Crippen molar-refractivity contribution in [3.63, 3.8) is 0 Å². The molecular formula is C11H25IN4. The smallest absolute Gasteiger partial charge is 0.191 e. The molecule has 0 aromatic heterocycles. The lowest BCUT2D eigenvalue weighted by Gasteiger charge is -2.18. The van der Waals surface area contributed by atoms with Crippen molar-refractivity contribution in [3.05, 3.63) is 0 Å². The number of guanidine groups is 1. The summed E-state index contributed by atoms with van der Waals surface area (Å²) in [6.07, 6.45) is 2.60. The molecule has 0 aromatic rings. The van der Waals surface area contributed by atoms with E-state index in [1.165, 1.54) is 19.4 Å². The molecule has 0 bridgehead atoms. The molecule has 1 saturated heterocycles. The van der Waals surface area contributed by atoms with Crippen LogP contribution in [0.25, 0.3) is 0 Å². The lowest BCUT2D eigenvalue weighted by Crippen LogP contribution is -2.38. The molecule has 4 nitrogen and oxygen atoms in total. The highest BCUT2D eigenvalue weighted by Gasteiger charge is 2.20. The van der Waals surface area contributed by atoms with Crippen LogP contribution in [0.4, 0.5) is 0 Å². The van der Waals surface area contributed by atoms with E-state index in [2.05, 4.69) is 41.4 Å². The second-order valence-corrected chi connectivity index (χ2v) is 4.03. The Morgan fingerprint density at radius 3 is 2.38 bits per heavy atom. The molecule has 1 fully saturated rings. The first-order chi connectivity index (χ1) is 7.27. The topological polar surface area (TPSA) is 39.7 Å².